The minimum absolute atomic E-state index is 0.299. The standard InChI is InChI=1S/C14H29Br.C10H19NO2/c1-2-3-4-5-6-7-8-9-10-11-12-13-14-15;1-5-11(6-2)7-8-13-10(12)9(3)4/h2-14H2,1H3;3,5-8H2,1-2,4H3. The molecular formula is C24H48BrNO2. The Morgan fingerprint density at radius 1 is 0.821 bits per heavy atom. The molecule has 0 fully saturated rings. The number of hydrogen-bond acceptors (Lipinski definition) is 3. The highest BCUT2D eigenvalue weighted by molar-refractivity contribution is 9.09. The summed E-state index contributed by atoms with van der Waals surface area (Å²) in [7, 11) is 0. The average molecular weight is 463 g/mol. The van der Waals surface area contributed by atoms with E-state index in [2.05, 4.69) is 48.2 Å². The van der Waals surface area contributed by atoms with Crippen LogP contribution in [0.5, 0.6) is 0 Å². The first-order chi connectivity index (χ1) is 13.5. The minimum Gasteiger partial charge on any atom is -0.461 e. The number of alkyl halides is 1. The Labute approximate surface area is 184 Å². The molecule has 0 atom stereocenters. The van der Waals surface area contributed by atoms with Crippen molar-refractivity contribution >= 4 is 21.9 Å². The molecule has 0 aliphatic rings. The zero-order chi connectivity index (χ0) is 21.5. The van der Waals surface area contributed by atoms with Crippen LogP contribution in [0.25, 0.3) is 0 Å². The number of likely N-dealkylation sites (N-methyl/N-ethyl adjacent to an activating group) is 1. The Morgan fingerprint density at radius 2 is 1.25 bits per heavy atom. The SMILES string of the molecule is C=C(C)C(=O)OCCN(CC)CC.CCCCCCCCCCCCCCBr. The molecule has 0 aromatic heterocycles. The monoisotopic (exact) mass is 461 g/mol. The Bertz CT molecular complexity index is 331. The van der Waals surface area contributed by atoms with E-state index in [9.17, 15) is 4.79 Å². The summed E-state index contributed by atoms with van der Waals surface area (Å²) in [5, 5.41) is 1.18. The average Bonchev–Trinajstić information content (AvgIpc) is 2.69. The molecule has 0 aromatic carbocycles. The van der Waals surface area contributed by atoms with Crippen LogP contribution in [-0.2, 0) is 9.53 Å². The quantitative estimate of drug-likeness (QED) is 0.0912. The fourth-order valence-electron chi connectivity index (χ4n) is 2.87. The number of nitrogens with zero attached hydrogens (tertiary/aromatic N) is 1. The van der Waals surface area contributed by atoms with Gasteiger partial charge in [-0.15, -0.1) is 0 Å². The van der Waals surface area contributed by atoms with Crippen LogP contribution < -0.4 is 0 Å². The van der Waals surface area contributed by atoms with Crippen molar-refractivity contribution in [2.45, 2.75) is 105 Å². The zero-order valence-electron chi connectivity index (χ0n) is 19.4. The van der Waals surface area contributed by atoms with Gasteiger partial charge in [-0.2, -0.15) is 0 Å². The number of rotatable bonds is 18. The van der Waals surface area contributed by atoms with Crippen molar-refractivity contribution in [3.05, 3.63) is 12.2 Å². The van der Waals surface area contributed by atoms with Gasteiger partial charge in [-0.05, 0) is 26.4 Å². The highest BCUT2D eigenvalue weighted by atomic mass is 79.9. The summed E-state index contributed by atoms with van der Waals surface area (Å²) in [6.45, 7) is 14.8. The molecule has 3 nitrogen and oxygen atoms in total. The van der Waals surface area contributed by atoms with Gasteiger partial charge in [-0.1, -0.05) is 114 Å². The van der Waals surface area contributed by atoms with Crippen LogP contribution in [-0.4, -0.2) is 42.4 Å². The van der Waals surface area contributed by atoms with Gasteiger partial charge in [-0.25, -0.2) is 4.79 Å². The molecule has 0 aromatic rings. The van der Waals surface area contributed by atoms with E-state index in [0.29, 0.717) is 12.2 Å². The van der Waals surface area contributed by atoms with Crippen molar-refractivity contribution in [2.24, 2.45) is 0 Å². The molecule has 0 aliphatic carbocycles. The van der Waals surface area contributed by atoms with Gasteiger partial charge in [0, 0.05) is 17.4 Å². The van der Waals surface area contributed by atoms with Gasteiger partial charge in [0.25, 0.3) is 0 Å². The van der Waals surface area contributed by atoms with E-state index in [1.807, 2.05) is 0 Å². The highest BCUT2D eigenvalue weighted by Gasteiger charge is 2.04. The molecule has 0 unspecified atom stereocenters. The van der Waals surface area contributed by atoms with Gasteiger partial charge in [0.1, 0.15) is 6.61 Å². The molecule has 0 N–H and O–H groups in total. The third kappa shape index (κ3) is 23.7. The van der Waals surface area contributed by atoms with Crippen LogP contribution in [0.3, 0.4) is 0 Å². The Balaban J connectivity index is 0. The minimum atomic E-state index is -0.299. The smallest absolute Gasteiger partial charge is 0.333 e. The van der Waals surface area contributed by atoms with Gasteiger partial charge in [0.05, 0.1) is 0 Å². The van der Waals surface area contributed by atoms with Crippen molar-refractivity contribution in [1.82, 2.24) is 4.90 Å². The maximum Gasteiger partial charge on any atom is 0.333 e. The van der Waals surface area contributed by atoms with Crippen LogP contribution >= 0.6 is 15.9 Å². The number of unbranched alkanes of at least 4 members (excludes halogenated alkanes) is 11. The predicted octanol–water partition coefficient (Wildman–Crippen LogP) is 7.53. The van der Waals surface area contributed by atoms with Crippen molar-refractivity contribution in [3.8, 4) is 0 Å². The lowest BCUT2D eigenvalue weighted by Gasteiger charge is -2.17. The Morgan fingerprint density at radius 3 is 1.61 bits per heavy atom. The molecule has 0 amide bonds. The topological polar surface area (TPSA) is 29.5 Å². The molecule has 0 spiro atoms. The summed E-state index contributed by atoms with van der Waals surface area (Å²) in [4.78, 5) is 13.2. The fraction of sp³-hybridized carbons (Fsp3) is 0.875. The van der Waals surface area contributed by atoms with Crippen LogP contribution in [0.2, 0.25) is 0 Å². The van der Waals surface area contributed by atoms with Gasteiger partial charge in [0.2, 0.25) is 0 Å². The predicted molar refractivity (Wildman–Crippen MR) is 128 cm³/mol. The number of carbonyl (C=O) groups excluding carboxylic acids is 1. The fourth-order valence-corrected chi connectivity index (χ4v) is 3.26. The molecule has 0 saturated carbocycles. The molecule has 28 heavy (non-hydrogen) atoms. The second-order valence-electron chi connectivity index (χ2n) is 7.52. The normalized spacial score (nSPS) is 10.5. The first-order valence-electron chi connectivity index (χ1n) is 11.6. The van der Waals surface area contributed by atoms with Crippen LogP contribution in [0.1, 0.15) is 105 Å². The number of ether oxygens (including phenoxy) is 1. The van der Waals surface area contributed by atoms with Gasteiger partial charge in [-0.3, -0.25) is 0 Å². The van der Waals surface area contributed by atoms with Crippen molar-refractivity contribution < 1.29 is 9.53 Å². The molecule has 0 rings (SSSR count). The van der Waals surface area contributed by atoms with Crippen molar-refractivity contribution in [3.63, 3.8) is 0 Å². The lowest BCUT2D eigenvalue weighted by atomic mass is 10.1. The zero-order valence-corrected chi connectivity index (χ0v) is 21.0. The number of esters is 1. The van der Waals surface area contributed by atoms with Gasteiger partial charge >= 0.3 is 5.97 Å². The summed E-state index contributed by atoms with van der Waals surface area (Å²) < 4.78 is 4.96. The molecule has 0 heterocycles. The Kier molecular flexibility index (Phi) is 26.3. The number of hydrogen-bond donors (Lipinski definition) is 0. The largest absolute Gasteiger partial charge is 0.461 e. The summed E-state index contributed by atoms with van der Waals surface area (Å²) in [5.41, 5.74) is 0.458. The van der Waals surface area contributed by atoms with Gasteiger partial charge < -0.3 is 9.64 Å². The molecule has 0 radical (unpaired) electrons. The summed E-state index contributed by atoms with van der Waals surface area (Å²) in [6.07, 6.45) is 17.3. The number of halogens is 1. The van der Waals surface area contributed by atoms with Crippen molar-refractivity contribution in [1.29, 1.82) is 0 Å². The van der Waals surface area contributed by atoms with Crippen molar-refractivity contribution in [2.75, 3.05) is 31.6 Å². The maximum atomic E-state index is 11.0. The number of carbonyl (C=O) groups is 1. The Hall–Kier alpha value is -0.350. The van der Waals surface area contributed by atoms with E-state index in [0.717, 1.165) is 19.6 Å². The molecule has 168 valence electrons. The molecular weight excluding hydrogens is 414 g/mol. The van der Waals surface area contributed by atoms with Crippen LogP contribution in [0, 0.1) is 0 Å². The lowest BCUT2D eigenvalue weighted by Crippen LogP contribution is -2.27. The summed E-state index contributed by atoms with van der Waals surface area (Å²) >= 11 is 3.47. The van der Waals surface area contributed by atoms with E-state index < -0.39 is 0 Å². The molecule has 0 saturated heterocycles. The van der Waals surface area contributed by atoms with E-state index >= 15 is 0 Å². The first kappa shape index (κ1) is 29.8. The third-order valence-corrected chi connectivity index (χ3v) is 5.43. The first-order valence-corrected chi connectivity index (χ1v) is 12.8. The second-order valence-corrected chi connectivity index (χ2v) is 8.31. The van der Waals surface area contributed by atoms with Crippen LogP contribution in [0.15, 0.2) is 12.2 Å². The van der Waals surface area contributed by atoms with E-state index in [-0.39, 0.29) is 5.97 Å². The van der Waals surface area contributed by atoms with E-state index in [1.54, 1.807) is 6.92 Å². The van der Waals surface area contributed by atoms with Crippen LogP contribution in [0.4, 0.5) is 0 Å². The third-order valence-electron chi connectivity index (χ3n) is 4.87. The lowest BCUT2D eigenvalue weighted by molar-refractivity contribution is -0.139. The molecule has 0 bridgehead atoms. The highest BCUT2D eigenvalue weighted by Crippen LogP contribution is 2.12. The molecule has 4 heteroatoms. The molecule has 0 aliphatic heterocycles. The maximum absolute atomic E-state index is 11.0. The van der Waals surface area contributed by atoms with E-state index in [4.69, 9.17) is 4.74 Å². The van der Waals surface area contributed by atoms with E-state index in [1.165, 1.54) is 82.4 Å². The summed E-state index contributed by atoms with van der Waals surface area (Å²) in [6, 6.07) is 0. The second kappa shape index (κ2) is 24.7. The summed E-state index contributed by atoms with van der Waals surface area (Å²) in [5.74, 6) is -0.299. The van der Waals surface area contributed by atoms with Gasteiger partial charge in [0.15, 0.2) is 0 Å².